The van der Waals surface area contributed by atoms with Crippen LogP contribution in [0.3, 0.4) is 0 Å². The monoisotopic (exact) mass is 483 g/mol. The number of H-pyrrole nitrogens is 1. The van der Waals surface area contributed by atoms with Crippen molar-refractivity contribution in [3.63, 3.8) is 0 Å². The number of benzene rings is 1. The van der Waals surface area contributed by atoms with Crippen LogP contribution in [0.1, 0.15) is 53.0 Å². The van der Waals surface area contributed by atoms with Crippen LogP contribution in [-0.4, -0.2) is 57.7 Å². The molecule has 0 aliphatic rings. The minimum atomic E-state index is -1.13. The van der Waals surface area contributed by atoms with Crippen molar-refractivity contribution in [1.82, 2.24) is 15.6 Å². The molecule has 0 bridgehead atoms. The lowest BCUT2D eigenvalue weighted by Gasteiger charge is -2.26. The second kappa shape index (κ2) is 12.1. The number of aromatic nitrogens is 1. The van der Waals surface area contributed by atoms with E-state index in [1.807, 2.05) is 24.3 Å². The number of fused-ring (bicyclic) bond motifs is 1. The number of amides is 2. The Kier molecular flexibility index (Phi) is 9.48. The molecule has 0 unspecified atom stereocenters. The molecule has 188 valence electrons. The fourth-order valence-corrected chi connectivity index (χ4v) is 3.36. The molecule has 2 amide bonds. The van der Waals surface area contributed by atoms with Gasteiger partial charge in [-0.05, 0) is 31.9 Å². The van der Waals surface area contributed by atoms with Gasteiger partial charge in [-0.15, -0.1) is 0 Å². The summed E-state index contributed by atoms with van der Waals surface area (Å²) in [7, 11) is 0. The van der Waals surface area contributed by atoms with Gasteiger partial charge >= 0.3 is 12.2 Å². The summed E-state index contributed by atoms with van der Waals surface area (Å²) in [6.07, 6.45) is 2.06. The van der Waals surface area contributed by atoms with Gasteiger partial charge < -0.3 is 25.9 Å². The standard InChI is InChI=1S/C25H33N5O5/c1-15(2)35-23(33)20(11-10-17(31)14-28-26)29-22(32)21(30-24(34)25(3,4)5)12-16-13-27-19-9-7-6-8-18(16)19/h6-9,13-15,20-21,27H,10-12H2,1-5H3,(H,29,32)(H,30,34)/t20-,21-/m0/s1. The molecular weight excluding hydrogens is 450 g/mol. The number of Topliss-reactive ketones (excluding diaryl/α,β-unsaturated/α-hetero) is 1. The van der Waals surface area contributed by atoms with E-state index in [1.54, 1.807) is 40.8 Å². The normalized spacial score (nSPS) is 13.0. The van der Waals surface area contributed by atoms with Gasteiger partial charge in [0, 0.05) is 35.4 Å². The number of carbonyl (C=O) groups excluding carboxylic acids is 4. The summed E-state index contributed by atoms with van der Waals surface area (Å²) in [4.78, 5) is 56.3. The average molecular weight is 484 g/mol. The SMILES string of the molecule is CC(C)OC(=O)[C@H](CCC(=O)C=[N+]=[N-])NC(=O)[C@H](Cc1c[nH]c2ccccc12)NC(=O)C(C)(C)C. The molecule has 10 nitrogen and oxygen atoms in total. The summed E-state index contributed by atoms with van der Waals surface area (Å²) >= 11 is 0. The third-order valence-electron chi connectivity index (χ3n) is 5.24. The van der Waals surface area contributed by atoms with E-state index in [-0.39, 0.29) is 25.2 Å². The molecule has 10 heteroatoms. The zero-order valence-electron chi connectivity index (χ0n) is 20.8. The maximum absolute atomic E-state index is 13.3. The van der Waals surface area contributed by atoms with Crippen LogP contribution in [0.25, 0.3) is 16.4 Å². The van der Waals surface area contributed by atoms with Gasteiger partial charge in [-0.1, -0.05) is 39.0 Å². The number of rotatable bonds is 11. The highest BCUT2D eigenvalue weighted by Crippen LogP contribution is 2.20. The first-order valence-corrected chi connectivity index (χ1v) is 11.5. The van der Waals surface area contributed by atoms with Gasteiger partial charge in [-0.2, -0.15) is 4.79 Å². The highest BCUT2D eigenvalue weighted by atomic mass is 16.5. The molecule has 3 N–H and O–H groups in total. The van der Waals surface area contributed by atoms with E-state index in [0.29, 0.717) is 0 Å². The van der Waals surface area contributed by atoms with Crippen LogP contribution < -0.4 is 10.6 Å². The molecule has 2 atom stereocenters. The van der Waals surface area contributed by atoms with Gasteiger partial charge in [-0.3, -0.25) is 14.4 Å². The van der Waals surface area contributed by atoms with Crippen molar-refractivity contribution < 1.29 is 28.7 Å². The molecule has 0 aliphatic carbocycles. The van der Waals surface area contributed by atoms with Crippen molar-refractivity contribution in [3.05, 3.63) is 41.6 Å². The van der Waals surface area contributed by atoms with Gasteiger partial charge in [0.2, 0.25) is 17.6 Å². The van der Waals surface area contributed by atoms with E-state index in [4.69, 9.17) is 10.3 Å². The van der Waals surface area contributed by atoms with E-state index >= 15 is 0 Å². The third-order valence-corrected chi connectivity index (χ3v) is 5.24. The van der Waals surface area contributed by atoms with Gasteiger partial charge in [0.15, 0.2) is 0 Å². The summed E-state index contributed by atoms with van der Waals surface area (Å²) in [5.74, 6) is -2.12. The molecule has 35 heavy (non-hydrogen) atoms. The largest absolute Gasteiger partial charge is 0.461 e. The summed E-state index contributed by atoms with van der Waals surface area (Å²) < 4.78 is 5.24. The lowest BCUT2D eigenvalue weighted by molar-refractivity contribution is -0.152. The van der Waals surface area contributed by atoms with E-state index in [0.717, 1.165) is 22.7 Å². The highest BCUT2D eigenvalue weighted by molar-refractivity contribution is 6.25. The van der Waals surface area contributed by atoms with Gasteiger partial charge in [0.05, 0.1) is 6.10 Å². The van der Waals surface area contributed by atoms with E-state index in [1.165, 1.54) is 0 Å². The molecule has 2 aromatic rings. The topological polar surface area (TPSA) is 154 Å². The van der Waals surface area contributed by atoms with E-state index in [2.05, 4.69) is 20.4 Å². The predicted molar refractivity (Wildman–Crippen MR) is 130 cm³/mol. The highest BCUT2D eigenvalue weighted by Gasteiger charge is 2.32. The molecule has 1 heterocycles. The Morgan fingerprint density at radius 3 is 2.43 bits per heavy atom. The molecule has 1 aromatic heterocycles. The molecular formula is C25H33N5O5. The van der Waals surface area contributed by atoms with Crippen LogP contribution in [0.4, 0.5) is 0 Å². The quantitative estimate of drug-likeness (QED) is 0.194. The zero-order valence-corrected chi connectivity index (χ0v) is 20.8. The average Bonchev–Trinajstić information content (AvgIpc) is 3.17. The molecule has 2 rings (SSSR count). The van der Waals surface area contributed by atoms with Crippen molar-refractivity contribution in [2.45, 2.75) is 72.1 Å². The van der Waals surface area contributed by atoms with Crippen molar-refractivity contribution in [3.8, 4) is 0 Å². The fourth-order valence-electron chi connectivity index (χ4n) is 3.36. The Hall–Kier alpha value is -3.78. The first-order chi connectivity index (χ1) is 16.4. The summed E-state index contributed by atoms with van der Waals surface area (Å²) in [5.41, 5.74) is 9.51. The Balaban J connectivity index is 2.29. The number of esters is 1. The fraction of sp³-hybridized carbons (Fsp3) is 0.480. The molecule has 0 saturated heterocycles. The molecule has 0 saturated carbocycles. The first kappa shape index (κ1) is 27.5. The molecule has 0 fully saturated rings. The number of nitrogens with one attached hydrogen (secondary N) is 3. The van der Waals surface area contributed by atoms with Crippen molar-refractivity contribution in [2.75, 3.05) is 0 Å². The third kappa shape index (κ3) is 8.19. The summed E-state index contributed by atoms with van der Waals surface area (Å²) in [6.45, 7) is 8.55. The Morgan fingerprint density at radius 2 is 1.80 bits per heavy atom. The number of ether oxygens (including phenoxy) is 1. The van der Waals surface area contributed by atoms with Crippen LogP contribution in [0, 0.1) is 5.41 Å². The molecule has 0 spiro atoms. The summed E-state index contributed by atoms with van der Waals surface area (Å²) in [5, 5.41) is 6.35. The molecule has 0 aliphatic heterocycles. The van der Waals surface area contributed by atoms with Crippen LogP contribution in [0.2, 0.25) is 0 Å². The van der Waals surface area contributed by atoms with E-state index < -0.39 is 41.3 Å². The Labute approximate surface area is 204 Å². The number of aromatic amines is 1. The number of hydrogen-bond acceptors (Lipinski definition) is 5. The molecule has 1 aromatic carbocycles. The van der Waals surface area contributed by atoms with Crippen LogP contribution in [-0.2, 0) is 30.3 Å². The van der Waals surface area contributed by atoms with Crippen molar-refractivity contribution >= 4 is 40.7 Å². The van der Waals surface area contributed by atoms with E-state index in [9.17, 15) is 19.2 Å². The second-order valence-electron chi connectivity index (χ2n) is 9.64. The smallest absolute Gasteiger partial charge is 0.328 e. The predicted octanol–water partition coefficient (Wildman–Crippen LogP) is 2.33. The van der Waals surface area contributed by atoms with Crippen molar-refractivity contribution in [2.24, 2.45) is 5.41 Å². The van der Waals surface area contributed by atoms with Gasteiger partial charge in [-0.25, -0.2) is 4.79 Å². The van der Waals surface area contributed by atoms with Crippen LogP contribution in [0.15, 0.2) is 30.5 Å². The van der Waals surface area contributed by atoms with Crippen LogP contribution in [0.5, 0.6) is 0 Å². The number of nitrogens with zero attached hydrogens (tertiary/aromatic N) is 2. The first-order valence-electron chi connectivity index (χ1n) is 11.5. The Bertz CT molecular complexity index is 1120. The number of hydrogen-bond donors (Lipinski definition) is 3. The second-order valence-corrected chi connectivity index (χ2v) is 9.64. The lowest BCUT2D eigenvalue weighted by atomic mass is 9.94. The minimum Gasteiger partial charge on any atom is -0.461 e. The molecule has 0 radical (unpaired) electrons. The van der Waals surface area contributed by atoms with Gasteiger partial charge in [0.1, 0.15) is 12.1 Å². The number of carbonyl (C=O) groups is 4. The maximum Gasteiger partial charge on any atom is 0.328 e. The lowest BCUT2D eigenvalue weighted by Crippen LogP contribution is -2.54. The van der Waals surface area contributed by atoms with Crippen LogP contribution >= 0.6 is 0 Å². The summed E-state index contributed by atoms with van der Waals surface area (Å²) in [6, 6.07) is 5.49. The Morgan fingerprint density at radius 1 is 1.11 bits per heavy atom. The number of ketones is 1. The minimum absolute atomic E-state index is 0.0603. The van der Waals surface area contributed by atoms with Crippen molar-refractivity contribution in [1.29, 1.82) is 0 Å². The maximum atomic E-state index is 13.3. The van der Waals surface area contributed by atoms with Gasteiger partial charge in [0.25, 0.3) is 0 Å². The number of para-hydroxylation sites is 1. The zero-order chi connectivity index (χ0) is 26.2.